The molecule has 1 aliphatic rings. The molecule has 0 spiro atoms. The molecule has 0 aromatic heterocycles. The average molecular weight is 190 g/mol. The minimum absolute atomic E-state index is 0.403. The molecule has 1 fully saturated rings. The summed E-state index contributed by atoms with van der Waals surface area (Å²) in [5.74, 6) is 5.00. The standard InChI is InChI=1S/C8H18N2OS/c1-3-4-5-8(6-7-8)10(2)12-11-9/h3-7,9H2,1-2H3. The maximum atomic E-state index is 5.00. The summed E-state index contributed by atoms with van der Waals surface area (Å²) in [7, 11) is 2.06. The fourth-order valence-electron chi connectivity index (χ4n) is 1.52. The minimum Gasteiger partial charge on any atom is -0.222 e. The molecule has 4 heteroatoms. The molecule has 0 amide bonds. The Kier molecular flexibility index (Phi) is 3.83. The fourth-order valence-corrected chi connectivity index (χ4v) is 2.08. The fraction of sp³-hybridized carbons (Fsp3) is 1.00. The zero-order valence-electron chi connectivity index (χ0n) is 7.88. The van der Waals surface area contributed by atoms with Crippen molar-refractivity contribution in [2.75, 3.05) is 7.05 Å². The predicted octanol–water partition coefficient (Wildman–Crippen LogP) is 2.09. The topological polar surface area (TPSA) is 38.5 Å². The number of nitrogens with zero attached hydrogens (tertiary/aromatic N) is 1. The van der Waals surface area contributed by atoms with Crippen molar-refractivity contribution in [1.29, 1.82) is 0 Å². The first-order valence-electron chi connectivity index (χ1n) is 4.52. The van der Waals surface area contributed by atoms with Gasteiger partial charge in [-0.2, -0.15) is 0 Å². The molecule has 0 aliphatic heterocycles. The summed E-state index contributed by atoms with van der Waals surface area (Å²) in [4.78, 5) is 0. The second kappa shape index (κ2) is 4.46. The van der Waals surface area contributed by atoms with E-state index < -0.39 is 0 Å². The molecule has 0 unspecified atom stereocenters. The van der Waals surface area contributed by atoms with Crippen LogP contribution in [0.2, 0.25) is 0 Å². The quantitative estimate of drug-likeness (QED) is 0.395. The van der Waals surface area contributed by atoms with Gasteiger partial charge in [0.1, 0.15) is 12.2 Å². The van der Waals surface area contributed by atoms with Gasteiger partial charge in [-0.3, -0.25) is 0 Å². The van der Waals surface area contributed by atoms with Gasteiger partial charge in [0, 0.05) is 12.6 Å². The van der Waals surface area contributed by atoms with Crippen LogP contribution in [0.3, 0.4) is 0 Å². The van der Waals surface area contributed by atoms with Crippen molar-refractivity contribution in [3.05, 3.63) is 0 Å². The van der Waals surface area contributed by atoms with Crippen LogP contribution in [0.4, 0.5) is 0 Å². The second-order valence-corrected chi connectivity index (χ2v) is 4.39. The van der Waals surface area contributed by atoms with E-state index in [4.69, 9.17) is 5.90 Å². The Morgan fingerprint density at radius 2 is 2.25 bits per heavy atom. The maximum Gasteiger partial charge on any atom is 0.105 e. The van der Waals surface area contributed by atoms with Crippen LogP contribution in [0.1, 0.15) is 39.0 Å². The van der Waals surface area contributed by atoms with Gasteiger partial charge in [0.05, 0.1) is 0 Å². The van der Waals surface area contributed by atoms with Gasteiger partial charge >= 0.3 is 0 Å². The van der Waals surface area contributed by atoms with E-state index in [2.05, 4.69) is 22.6 Å². The lowest BCUT2D eigenvalue weighted by atomic mass is 10.1. The average Bonchev–Trinajstić information content (AvgIpc) is 2.82. The Morgan fingerprint density at radius 3 is 2.67 bits per heavy atom. The van der Waals surface area contributed by atoms with Gasteiger partial charge in [0.25, 0.3) is 0 Å². The highest BCUT2D eigenvalue weighted by Crippen LogP contribution is 2.47. The largest absolute Gasteiger partial charge is 0.222 e. The molecule has 0 aromatic rings. The lowest BCUT2D eigenvalue weighted by molar-refractivity contribution is 0.303. The summed E-state index contributed by atoms with van der Waals surface area (Å²) in [6, 6.07) is 0. The third-order valence-electron chi connectivity index (χ3n) is 2.65. The lowest BCUT2D eigenvalue weighted by Crippen LogP contribution is -2.28. The first-order valence-corrected chi connectivity index (χ1v) is 5.22. The zero-order chi connectivity index (χ0) is 9.03. The van der Waals surface area contributed by atoms with Gasteiger partial charge in [0.2, 0.25) is 0 Å². The van der Waals surface area contributed by atoms with Crippen molar-refractivity contribution in [1.82, 2.24) is 4.31 Å². The minimum atomic E-state index is 0.403. The summed E-state index contributed by atoms with van der Waals surface area (Å²) in [5.41, 5.74) is 0.403. The normalized spacial score (nSPS) is 20.0. The van der Waals surface area contributed by atoms with Gasteiger partial charge in [0.15, 0.2) is 0 Å². The summed E-state index contributed by atoms with van der Waals surface area (Å²) in [6.45, 7) is 2.22. The number of hydrogen-bond donors (Lipinski definition) is 1. The smallest absolute Gasteiger partial charge is 0.105 e. The van der Waals surface area contributed by atoms with Crippen molar-refractivity contribution >= 4 is 12.2 Å². The molecule has 72 valence electrons. The molecule has 1 rings (SSSR count). The Labute approximate surface area is 78.9 Å². The number of rotatable bonds is 6. The van der Waals surface area contributed by atoms with Crippen molar-refractivity contribution < 1.29 is 4.28 Å². The SMILES string of the molecule is CCCCC1(N(C)SON)CC1. The summed E-state index contributed by atoms with van der Waals surface area (Å²) in [6.07, 6.45) is 6.43. The van der Waals surface area contributed by atoms with Crippen molar-refractivity contribution in [3.8, 4) is 0 Å². The van der Waals surface area contributed by atoms with E-state index in [0.717, 1.165) is 0 Å². The Bertz CT molecular complexity index is 139. The molecule has 0 atom stereocenters. The van der Waals surface area contributed by atoms with Crippen molar-refractivity contribution in [2.24, 2.45) is 5.90 Å². The van der Waals surface area contributed by atoms with Gasteiger partial charge < -0.3 is 0 Å². The Hall–Kier alpha value is 0.230. The molecule has 12 heavy (non-hydrogen) atoms. The van der Waals surface area contributed by atoms with Crippen molar-refractivity contribution in [2.45, 2.75) is 44.6 Å². The summed E-state index contributed by atoms with van der Waals surface area (Å²) < 4.78 is 6.71. The van der Waals surface area contributed by atoms with Gasteiger partial charge in [-0.1, -0.05) is 19.8 Å². The molecular weight excluding hydrogens is 172 g/mol. The van der Waals surface area contributed by atoms with Crippen LogP contribution in [-0.2, 0) is 4.28 Å². The third-order valence-corrected chi connectivity index (χ3v) is 3.34. The van der Waals surface area contributed by atoms with Gasteiger partial charge in [-0.25, -0.2) is 14.5 Å². The second-order valence-electron chi connectivity index (χ2n) is 3.50. The van der Waals surface area contributed by atoms with Crippen molar-refractivity contribution in [3.63, 3.8) is 0 Å². The number of nitrogens with two attached hydrogens (primary N) is 1. The first-order chi connectivity index (χ1) is 5.75. The molecule has 1 saturated carbocycles. The molecule has 0 bridgehead atoms. The molecule has 1 aliphatic carbocycles. The van der Waals surface area contributed by atoms with Crippen LogP contribution >= 0.6 is 12.2 Å². The number of unbranched alkanes of at least 4 members (excludes halogenated alkanes) is 1. The van der Waals surface area contributed by atoms with E-state index in [1.54, 1.807) is 0 Å². The molecule has 0 heterocycles. The molecule has 0 aromatic carbocycles. The maximum absolute atomic E-state index is 5.00. The molecule has 0 saturated heterocycles. The number of hydrogen-bond acceptors (Lipinski definition) is 4. The molecule has 3 nitrogen and oxygen atoms in total. The summed E-state index contributed by atoms with van der Waals surface area (Å²) in [5, 5.41) is 0. The Morgan fingerprint density at radius 1 is 1.58 bits per heavy atom. The highest BCUT2D eigenvalue weighted by atomic mass is 32.2. The van der Waals surface area contributed by atoms with E-state index in [1.165, 1.54) is 44.3 Å². The van der Waals surface area contributed by atoms with Crippen LogP contribution in [0.15, 0.2) is 0 Å². The molecular formula is C8H18N2OS. The van der Waals surface area contributed by atoms with Crippen LogP contribution < -0.4 is 5.90 Å². The van der Waals surface area contributed by atoms with E-state index in [0.29, 0.717) is 5.54 Å². The van der Waals surface area contributed by atoms with E-state index in [9.17, 15) is 0 Å². The highest BCUT2D eigenvalue weighted by molar-refractivity contribution is 7.92. The third kappa shape index (κ3) is 2.36. The van der Waals surface area contributed by atoms with Crippen LogP contribution in [0.25, 0.3) is 0 Å². The molecule has 2 N–H and O–H groups in total. The Balaban J connectivity index is 2.27. The predicted molar refractivity (Wildman–Crippen MR) is 52.1 cm³/mol. The zero-order valence-corrected chi connectivity index (χ0v) is 8.69. The van der Waals surface area contributed by atoms with Crippen LogP contribution in [-0.4, -0.2) is 16.9 Å². The van der Waals surface area contributed by atoms with Crippen LogP contribution in [0, 0.1) is 0 Å². The lowest BCUT2D eigenvalue weighted by Gasteiger charge is -2.24. The van der Waals surface area contributed by atoms with Crippen LogP contribution in [0.5, 0.6) is 0 Å². The monoisotopic (exact) mass is 190 g/mol. The van der Waals surface area contributed by atoms with E-state index in [-0.39, 0.29) is 0 Å². The molecule has 0 radical (unpaired) electrons. The van der Waals surface area contributed by atoms with E-state index in [1.807, 2.05) is 0 Å². The van der Waals surface area contributed by atoms with Gasteiger partial charge in [-0.15, -0.1) is 0 Å². The first kappa shape index (κ1) is 10.3. The highest BCUT2D eigenvalue weighted by Gasteiger charge is 2.46. The van der Waals surface area contributed by atoms with Gasteiger partial charge in [-0.05, 0) is 19.3 Å². The summed E-state index contributed by atoms with van der Waals surface area (Å²) >= 11 is 1.26. The van der Waals surface area contributed by atoms with E-state index >= 15 is 0 Å².